The van der Waals surface area contributed by atoms with Gasteiger partial charge < -0.3 is 23.7 Å². The number of hydrogen-bond donors (Lipinski definition) is 1. The lowest BCUT2D eigenvalue weighted by atomic mass is 10.2. The van der Waals surface area contributed by atoms with Crippen LogP contribution in [0.4, 0.5) is 0 Å². The van der Waals surface area contributed by atoms with E-state index in [1.165, 1.54) is 6.21 Å². The van der Waals surface area contributed by atoms with Crippen molar-refractivity contribution in [1.82, 2.24) is 5.43 Å². The highest BCUT2D eigenvalue weighted by molar-refractivity contribution is 5.92. The molecule has 0 aliphatic carbocycles. The van der Waals surface area contributed by atoms with Crippen LogP contribution in [0.15, 0.2) is 102 Å². The Bertz CT molecular complexity index is 1520. The van der Waals surface area contributed by atoms with Crippen LogP contribution >= 0.6 is 0 Å². The monoisotopic (exact) mass is 596 g/mol. The van der Waals surface area contributed by atoms with E-state index in [2.05, 4.69) is 10.5 Å². The van der Waals surface area contributed by atoms with Gasteiger partial charge in [0.1, 0.15) is 23.9 Å². The molecular formula is C35H36N2O7. The molecule has 1 atom stereocenters. The standard InChI is InChI=1S/C35H36N2O7/c1-4-21-41-29-14-12-28(13-15-29)35(39)44-32-20-11-27(22-33(32)40-5-2)23-36-37-34(38)25(3)43-31-18-16-30(17-19-31)42-24-26-9-7-6-8-10-26/h6-20,22-23,25H,4-5,21,24H2,1-3H3,(H,37,38)/b36-23+. The Morgan fingerprint density at radius 2 is 1.48 bits per heavy atom. The molecule has 0 aromatic heterocycles. The van der Waals surface area contributed by atoms with Crippen molar-refractivity contribution in [3.05, 3.63) is 114 Å². The predicted octanol–water partition coefficient (Wildman–Crippen LogP) is 6.59. The minimum Gasteiger partial charge on any atom is -0.494 e. The molecule has 0 fully saturated rings. The van der Waals surface area contributed by atoms with E-state index >= 15 is 0 Å². The normalized spacial score (nSPS) is 11.4. The Kier molecular flexibility index (Phi) is 11.8. The van der Waals surface area contributed by atoms with Gasteiger partial charge in [-0.3, -0.25) is 4.79 Å². The van der Waals surface area contributed by atoms with Crippen LogP contribution < -0.4 is 29.1 Å². The molecule has 0 saturated heterocycles. The first-order valence-electron chi connectivity index (χ1n) is 14.4. The number of hydrazone groups is 1. The van der Waals surface area contributed by atoms with Crippen LogP contribution in [0.5, 0.6) is 28.7 Å². The van der Waals surface area contributed by atoms with E-state index in [1.54, 1.807) is 73.7 Å². The van der Waals surface area contributed by atoms with E-state index in [1.807, 2.05) is 44.2 Å². The molecule has 44 heavy (non-hydrogen) atoms. The largest absolute Gasteiger partial charge is 0.494 e. The second-order valence-electron chi connectivity index (χ2n) is 9.64. The zero-order valence-corrected chi connectivity index (χ0v) is 25.0. The fraction of sp³-hybridized carbons (Fsp3) is 0.229. The molecule has 1 N–H and O–H groups in total. The molecule has 228 valence electrons. The molecule has 4 rings (SSSR count). The first-order valence-corrected chi connectivity index (χ1v) is 14.4. The quantitative estimate of drug-likeness (QED) is 0.0715. The number of nitrogens with one attached hydrogen (secondary N) is 1. The van der Waals surface area contributed by atoms with Crippen molar-refractivity contribution in [1.29, 1.82) is 0 Å². The third-order valence-electron chi connectivity index (χ3n) is 6.18. The molecule has 0 heterocycles. The average molecular weight is 597 g/mol. The summed E-state index contributed by atoms with van der Waals surface area (Å²) in [4.78, 5) is 25.3. The number of carbonyl (C=O) groups excluding carboxylic acids is 2. The Labute approximate surface area is 257 Å². The second-order valence-corrected chi connectivity index (χ2v) is 9.64. The number of amides is 1. The molecule has 4 aromatic carbocycles. The summed E-state index contributed by atoms with van der Waals surface area (Å²) < 4.78 is 28.4. The van der Waals surface area contributed by atoms with Gasteiger partial charge in [0.15, 0.2) is 17.6 Å². The molecule has 0 aliphatic heterocycles. The predicted molar refractivity (Wildman–Crippen MR) is 168 cm³/mol. The Hall–Kier alpha value is -5.31. The van der Waals surface area contributed by atoms with Gasteiger partial charge in [-0.1, -0.05) is 37.3 Å². The minimum absolute atomic E-state index is 0.267. The first-order chi connectivity index (χ1) is 21.4. The van der Waals surface area contributed by atoms with Crippen molar-refractivity contribution < 1.29 is 33.3 Å². The molecule has 0 saturated carbocycles. The summed E-state index contributed by atoms with van der Waals surface area (Å²) in [5, 5.41) is 4.04. The number of esters is 1. The molecule has 0 bridgehead atoms. The Balaban J connectivity index is 1.28. The first kappa shape index (κ1) is 31.6. The van der Waals surface area contributed by atoms with Crippen LogP contribution in [0.25, 0.3) is 0 Å². The van der Waals surface area contributed by atoms with Gasteiger partial charge in [-0.15, -0.1) is 0 Å². The van der Waals surface area contributed by atoms with Gasteiger partial charge in [0.25, 0.3) is 5.91 Å². The van der Waals surface area contributed by atoms with E-state index in [4.69, 9.17) is 23.7 Å². The van der Waals surface area contributed by atoms with Gasteiger partial charge in [-0.25, -0.2) is 10.2 Å². The SMILES string of the molecule is CCCOc1ccc(C(=O)Oc2ccc(/C=N/NC(=O)C(C)Oc3ccc(OCc4ccccc4)cc3)cc2OCC)cc1. The van der Waals surface area contributed by atoms with Crippen molar-refractivity contribution in [3.8, 4) is 28.7 Å². The molecule has 9 nitrogen and oxygen atoms in total. The summed E-state index contributed by atoms with van der Waals surface area (Å²) in [6.07, 6.45) is 1.57. The van der Waals surface area contributed by atoms with Crippen molar-refractivity contribution >= 4 is 18.1 Å². The molecule has 4 aromatic rings. The van der Waals surface area contributed by atoms with E-state index in [0.29, 0.717) is 53.9 Å². The van der Waals surface area contributed by atoms with Crippen LogP contribution in [0.3, 0.4) is 0 Å². The maximum absolute atomic E-state index is 12.7. The molecule has 1 amide bonds. The van der Waals surface area contributed by atoms with Crippen molar-refractivity contribution in [2.75, 3.05) is 13.2 Å². The van der Waals surface area contributed by atoms with Crippen LogP contribution in [0, 0.1) is 0 Å². The highest BCUT2D eigenvalue weighted by Crippen LogP contribution is 2.29. The van der Waals surface area contributed by atoms with E-state index in [0.717, 1.165) is 12.0 Å². The van der Waals surface area contributed by atoms with E-state index in [9.17, 15) is 9.59 Å². The summed E-state index contributed by atoms with van der Waals surface area (Å²) >= 11 is 0. The minimum atomic E-state index is -0.795. The molecule has 0 spiro atoms. The lowest BCUT2D eigenvalue weighted by molar-refractivity contribution is -0.127. The van der Waals surface area contributed by atoms with Gasteiger partial charge >= 0.3 is 5.97 Å². The second kappa shape index (κ2) is 16.4. The summed E-state index contributed by atoms with van der Waals surface area (Å²) in [5.74, 6) is 1.60. The smallest absolute Gasteiger partial charge is 0.343 e. The number of carbonyl (C=O) groups is 2. The highest BCUT2D eigenvalue weighted by atomic mass is 16.6. The Morgan fingerprint density at radius 1 is 0.795 bits per heavy atom. The molecule has 0 aliphatic rings. The fourth-order valence-corrected chi connectivity index (χ4v) is 3.90. The van der Waals surface area contributed by atoms with Gasteiger partial charge in [0.2, 0.25) is 0 Å². The number of rotatable bonds is 15. The topological polar surface area (TPSA) is 105 Å². The fourth-order valence-electron chi connectivity index (χ4n) is 3.90. The molecule has 1 unspecified atom stereocenters. The van der Waals surface area contributed by atoms with Crippen molar-refractivity contribution in [3.63, 3.8) is 0 Å². The third-order valence-corrected chi connectivity index (χ3v) is 6.18. The Morgan fingerprint density at radius 3 is 2.18 bits per heavy atom. The van der Waals surface area contributed by atoms with Gasteiger partial charge in [-0.2, -0.15) is 5.10 Å². The number of nitrogens with zero attached hydrogens (tertiary/aromatic N) is 1. The van der Waals surface area contributed by atoms with Gasteiger partial charge in [0, 0.05) is 0 Å². The summed E-state index contributed by atoms with van der Waals surface area (Å²) in [5.41, 5.74) is 4.57. The zero-order valence-electron chi connectivity index (χ0n) is 25.0. The van der Waals surface area contributed by atoms with Crippen LogP contribution in [-0.4, -0.2) is 37.4 Å². The highest BCUT2D eigenvalue weighted by Gasteiger charge is 2.15. The van der Waals surface area contributed by atoms with Crippen LogP contribution in [0.2, 0.25) is 0 Å². The van der Waals surface area contributed by atoms with Gasteiger partial charge in [-0.05, 0) is 98.1 Å². The maximum atomic E-state index is 12.7. The maximum Gasteiger partial charge on any atom is 0.343 e. The summed E-state index contributed by atoms with van der Waals surface area (Å²) in [6.45, 7) is 6.91. The van der Waals surface area contributed by atoms with E-state index < -0.39 is 18.0 Å². The number of benzene rings is 4. The lowest BCUT2D eigenvalue weighted by Gasteiger charge is -2.14. The zero-order chi connectivity index (χ0) is 31.1. The molecular weight excluding hydrogens is 560 g/mol. The van der Waals surface area contributed by atoms with Crippen LogP contribution in [-0.2, 0) is 11.4 Å². The molecule has 0 radical (unpaired) electrons. The summed E-state index contributed by atoms with van der Waals surface area (Å²) in [7, 11) is 0. The number of hydrogen-bond acceptors (Lipinski definition) is 8. The summed E-state index contributed by atoms with van der Waals surface area (Å²) in [6, 6.07) is 28.7. The average Bonchev–Trinajstić information content (AvgIpc) is 3.05. The van der Waals surface area contributed by atoms with Crippen molar-refractivity contribution in [2.24, 2.45) is 5.10 Å². The molecule has 9 heteroatoms. The third kappa shape index (κ3) is 9.62. The number of ether oxygens (including phenoxy) is 5. The van der Waals surface area contributed by atoms with Crippen molar-refractivity contribution in [2.45, 2.75) is 39.9 Å². The van der Waals surface area contributed by atoms with Gasteiger partial charge in [0.05, 0.1) is 25.0 Å². The van der Waals surface area contributed by atoms with Crippen LogP contribution in [0.1, 0.15) is 48.7 Å². The lowest BCUT2D eigenvalue weighted by Crippen LogP contribution is -2.33. The van der Waals surface area contributed by atoms with E-state index in [-0.39, 0.29) is 5.75 Å².